The monoisotopic (exact) mass is 430 g/mol. The molecule has 164 valence electrons. The van der Waals surface area contributed by atoms with Gasteiger partial charge in [-0.1, -0.05) is 18.2 Å². The van der Waals surface area contributed by atoms with Crippen LogP contribution in [0.5, 0.6) is 0 Å². The van der Waals surface area contributed by atoms with Crippen molar-refractivity contribution in [3.05, 3.63) is 35.4 Å². The summed E-state index contributed by atoms with van der Waals surface area (Å²) in [7, 11) is 0. The molecule has 1 aromatic carbocycles. The highest BCUT2D eigenvalue weighted by molar-refractivity contribution is 7.80. The molecule has 2 amide bonds. The van der Waals surface area contributed by atoms with Crippen LogP contribution in [-0.2, 0) is 4.79 Å². The minimum Gasteiger partial charge on any atom is -0.363 e. The Bertz CT molecular complexity index is 755. The lowest BCUT2D eigenvalue weighted by molar-refractivity contribution is -0.136. The van der Waals surface area contributed by atoms with E-state index in [-0.39, 0.29) is 17.7 Å². The summed E-state index contributed by atoms with van der Waals surface area (Å²) in [5, 5.41) is 7.10. The molecule has 0 bridgehead atoms. The van der Waals surface area contributed by atoms with Crippen molar-refractivity contribution in [2.24, 2.45) is 5.92 Å². The average molecular weight is 431 g/mol. The Morgan fingerprint density at radius 1 is 1.07 bits per heavy atom. The first-order valence-corrected chi connectivity index (χ1v) is 11.6. The van der Waals surface area contributed by atoms with Gasteiger partial charge in [0.15, 0.2) is 5.11 Å². The highest BCUT2D eigenvalue weighted by Crippen LogP contribution is 2.24. The number of carbonyl (C=O) groups excluding carboxylic acids is 2. The number of carbonyl (C=O) groups is 2. The quantitative estimate of drug-likeness (QED) is 0.704. The smallest absolute Gasteiger partial charge is 0.252 e. The molecule has 6 nitrogen and oxygen atoms in total. The van der Waals surface area contributed by atoms with Gasteiger partial charge in [0.2, 0.25) is 5.91 Å². The van der Waals surface area contributed by atoms with Crippen LogP contribution in [0.1, 0.15) is 54.9 Å². The van der Waals surface area contributed by atoms with E-state index in [0.717, 1.165) is 69.1 Å². The van der Waals surface area contributed by atoms with E-state index in [0.29, 0.717) is 5.56 Å². The predicted molar refractivity (Wildman–Crippen MR) is 123 cm³/mol. The first-order chi connectivity index (χ1) is 14.5. The highest BCUT2D eigenvalue weighted by atomic mass is 32.1. The number of nitrogens with one attached hydrogen (secondary N) is 2. The van der Waals surface area contributed by atoms with Crippen LogP contribution < -0.4 is 10.6 Å². The normalized spacial score (nSPS) is 18.6. The molecule has 2 aliphatic rings. The molecular weight excluding hydrogens is 396 g/mol. The maximum Gasteiger partial charge on any atom is 0.252 e. The molecule has 2 saturated heterocycles. The number of thiocarbonyl (C=S) groups is 1. The van der Waals surface area contributed by atoms with E-state index in [2.05, 4.69) is 15.5 Å². The molecule has 2 N–H and O–H groups in total. The van der Waals surface area contributed by atoms with E-state index in [1.807, 2.05) is 43.0 Å². The lowest BCUT2D eigenvalue weighted by atomic mass is 9.87. The number of benzene rings is 1. The van der Waals surface area contributed by atoms with Gasteiger partial charge < -0.3 is 20.4 Å². The zero-order valence-corrected chi connectivity index (χ0v) is 19.0. The number of hydrogen-bond acceptors (Lipinski definition) is 3. The summed E-state index contributed by atoms with van der Waals surface area (Å²) in [4.78, 5) is 30.6. The molecule has 0 spiro atoms. The van der Waals surface area contributed by atoms with Gasteiger partial charge in [-0.2, -0.15) is 0 Å². The molecule has 1 atom stereocenters. The highest BCUT2D eigenvalue weighted by Gasteiger charge is 2.36. The van der Waals surface area contributed by atoms with Gasteiger partial charge in [0.25, 0.3) is 5.91 Å². The number of piperidine rings is 2. The number of likely N-dealkylation sites (tertiary alicyclic amines) is 2. The van der Waals surface area contributed by atoms with E-state index in [4.69, 9.17) is 12.2 Å². The zero-order valence-electron chi connectivity index (χ0n) is 18.2. The molecule has 0 aromatic heterocycles. The van der Waals surface area contributed by atoms with Crippen molar-refractivity contribution in [3.63, 3.8) is 0 Å². The van der Waals surface area contributed by atoms with Gasteiger partial charge in [0.1, 0.15) is 6.04 Å². The Kier molecular flexibility index (Phi) is 8.08. The number of hydrogen-bond donors (Lipinski definition) is 2. The molecule has 3 rings (SSSR count). The van der Waals surface area contributed by atoms with E-state index in [1.54, 1.807) is 0 Å². The minimum absolute atomic E-state index is 0.0735. The fourth-order valence-electron chi connectivity index (χ4n) is 4.44. The summed E-state index contributed by atoms with van der Waals surface area (Å²) in [6.07, 6.45) is 4.93. The lowest BCUT2D eigenvalue weighted by Gasteiger charge is -2.39. The molecule has 2 aliphatic heterocycles. The van der Waals surface area contributed by atoms with Crippen LogP contribution in [0.25, 0.3) is 0 Å². The number of amides is 2. The van der Waals surface area contributed by atoms with Crippen LogP contribution in [0.3, 0.4) is 0 Å². The largest absolute Gasteiger partial charge is 0.363 e. The van der Waals surface area contributed by atoms with Gasteiger partial charge in [-0.25, -0.2) is 0 Å². The van der Waals surface area contributed by atoms with Crippen LogP contribution in [0.2, 0.25) is 0 Å². The standard InChI is InChI=1S/C23H34N4O2S/c1-3-24-23(30)27-15-11-18(12-16-27)20(22(29)26-13-7-4-8-14-26)25-21(28)19-10-6-5-9-17(19)2/h5-6,9-10,18,20H,3-4,7-8,11-16H2,1-2H3,(H,24,30)(H,25,28)/t20-/m1/s1. The SMILES string of the molecule is CCNC(=S)N1CCC([C@@H](NC(=O)c2ccccc2C)C(=O)N2CCCCC2)CC1. The van der Waals surface area contributed by atoms with Crippen molar-refractivity contribution in [1.82, 2.24) is 20.4 Å². The number of rotatable bonds is 5. The van der Waals surface area contributed by atoms with E-state index < -0.39 is 6.04 Å². The van der Waals surface area contributed by atoms with E-state index in [9.17, 15) is 9.59 Å². The Morgan fingerprint density at radius 3 is 2.37 bits per heavy atom. The molecule has 0 unspecified atom stereocenters. The molecule has 2 fully saturated rings. The van der Waals surface area contributed by atoms with Gasteiger partial charge in [0, 0.05) is 38.3 Å². The second kappa shape index (κ2) is 10.8. The second-order valence-electron chi connectivity index (χ2n) is 8.31. The summed E-state index contributed by atoms with van der Waals surface area (Å²) in [6, 6.07) is 7.06. The maximum absolute atomic E-state index is 13.4. The third-order valence-corrected chi connectivity index (χ3v) is 6.64. The van der Waals surface area contributed by atoms with Crippen molar-refractivity contribution in [3.8, 4) is 0 Å². The fourth-order valence-corrected chi connectivity index (χ4v) is 4.76. The second-order valence-corrected chi connectivity index (χ2v) is 8.70. The van der Waals surface area contributed by atoms with Gasteiger partial charge in [0.05, 0.1) is 0 Å². The van der Waals surface area contributed by atoms with Gasteiger partial charge in [-0.15, -0.1) is 0 Å². The van der Waals surface area contributed by atoms with Crippen LogP contribution >= 0.6 is 12.2 Å². The zero-order chi connectivity index (χ0) is 21.5. The summed E-state index contributed by atoms with van der Waals surface area (Å²) >= 11 is 5.45. The summed E-state index contributed by atoms with van der Waals surface area (Å²) in [6.45, 7) is 7.96. The van der Waals surface area contributed by atoms with Gasteiger partial charge in [-0.3, -0.25) is 9.59 Å². The fraction of sp³-hybridized carbons (Fsp3) is 0.609. The molecule has 0 radical (unpaired) electrons. The molecule has 0 saturated carbocycles. The predicted octanol–water partition coefficient (Wildman–Crippen LogP) is 2.71. The van der Waals surface area contributed by atoms with Crippen LogP contribution in [0.4, 0.5) is 0 Å². The summed E-state index contributed by atoms with van der Waals surface area (Å²) in [5.74, 6) is 0.0338. The third-order valence-electron chi connectivity index (χ3n) is 6.24. The van der Waals surface area contributed by atoms with E-state index >= 15 is 0 Å². The molecular formula is C23H34N4O2S. The number of nitrogens with zero attached hydrogens (tertiary/aromatic N) is 2. The van der Waals surface area contributed by atoms with Gasteiger partial charge >= 0.3 is 0 Å². The summed E-state index contributed by atoms with van der Waals surface area (Å²) in [5.41, 5.74) is 1.56. The molecule has 0 aliphatic carbocycles. The van der Waals surface area contributed by atoms with Crippen molar-refractivity contribution in [2.45, 2.75) is 52.0 Å². The van der Waals surface area contributed by atoms with Crippen LogP contribution in [0, 0.1) is 12.8 Å². The Balaban J connectivity index is 1.73. The molecule has 2 heterocycles. The number of aryl methyl sites for hydroxylation is 1. The van der Waals surface area contributed by atoms with Crippen LogP contribution in [0.15, 0.2) is 24.3 Å². The van der Waals surface area contributed by atoms with Crippen molar-refractivity contribution in [2.75, 3.05) is 32.7 Å². The topological polar surface area (TPSA) is 64.7 Å². The van der Waals surface area contributed by atoms with E-state index in [1.165, 1.54) is 6.42 Å². The van der Waals surface area contributed by atoms with Crippen molar-refractivity contribution < 1.29 is 9.59 Å². The first-order valence-electron chi connectivity index (χ1n) is 11.2. The Hall–Kier alpha value is -2.15. The summed E-state index contributed by atoms with van der Waals surface area (Å²) < 4.78 is 0. The van der Waals surface area contributed by atoms with Crippen molar-refractivity contribution in [1.29, 1.82) is 0 Å². The van der Waals surface area contributed by atoms with Crippen LogP contribution in [-0.4, -0.2) is 65.5 Å². The maximum atomic E-state index is 13.4. The Labute approximate surface area is 185 Å². The molecule has 1 aromatic rings. The average Bonchev–Trinajstić information content (AvgIpc) is 2.78. The lowest BCUT2D eigenvalue weighted by Crippen LogP contribution is -2.56. The third kappa shape index (κ3) is 5.50. The first kappa shape index (κ1) is 22.5. The molecule has 7 heteroatoms. The van der Waals surface area contributed by atoms with Gasteiger partial charge in [-0.05, 0) is 75.7 Å². The van der Waals surface area contributed by atoms with Crippen molar-refractivity contribution >= 4 is 29.1 Å². The molecule has 30 heavy (non-hydrogen) atoms. The Morgan fingerprint density at radius 2 is 1.73 bits per heavy atom. The minimum atomic E-state index is -0.481.